The Morgan fingerprint density at radius 1 is 1.29 bits per heavy atom. The van der Waals surface area contributed by atoms with Crippen LogP contribution in [-0.2, 0) is 0 Å². The van der Waals surface area contributed by atoms with Crippen molar-refractivity contribution in [2.45, 2.75) is 6.04 Å². The zero-order chi connectivity index (χ0) is 10.1. The van der Waals surface area contributed by atoms with Crippen LogP contribution < -0.4 is 11.1 Å². The lowest BCUT2D eigenvalue weighted by Gasteiger charge is -2.32. The summed E-state index contributed by atoms with van der Waals surface area (Å²) < 4.78 is 25.5. The summed E-state index contributed by atoms with van der Waals surface area (Å²) in [6.45, 7) is 1.69. The second-order valence-corrected chi connectivity index (χ2v) is 3.62. The van der Waals surface area contributed by atoms with Crippen LogP contribution in [-0.4, -0.2) is 13.1 Å². The van der Waals surface area contributed by atoms with Crippen LogP contribution in [0, 0.1) is 17.6 Å². The molecule has 0 amide bonds. The molecule has 2 rings (SSSR count). The Bertz CT molecular complexity index is 337. The second-order valence-electron chi connectivity index (χ2n) is 3.62. The van der Waals surface area contributed by atoms with Gasteiger partial charge in [0.15, 0.2) is 11.6 Å². The van der Waals surface area contributed by atoms with E-state index in [1.807, 2.05) is 0 Å². The molecule has 14 heavy (non-hydrogen) atoms. The van der Waals surface area contributed by atoms with Crippen molar-refractivity contribution < 1.29 is 8.78 Å². The number of hydrogen-bond acceptors (Lipinski definition) is 2. The smallest absolute Gasteiger partial charge is 0.159 e. The summed E-state index contributed by atoms with van der Waals surface area (Å²) in [7, 11) is 0. The zero-order valence-corrected chi connectivity index (χ0v) is 7.63. The van der Waals surface area contributed by atoms with E-state index in [2.05, 4.69) is 5.32 Å². The van der Waals surface area contributed by atoms with Crippen molar-refractivity contribution in [3.63, 3.8) is 0 Å². The summed E-state index contributed by atoms with van der Waals surface area (Å²) in [5.41, 5.74) is 6.55. The van der Waals surface area contributed by atoms with Crippen molar-refractivity contribution in [2.24, 2.45) is 11.7 Å². The maximum Gasteiger partial charge on any atom is 0.159 e. The first-order valence-electron chi connectivity index (χ1n) is 4.59. The van der Waals surface area contributed by atoms with E-state index in [-0.39, 0.29) is 6.04 Å². The Labute approximate surface area is 81.1 Å². The lowest BCUT2D eigenvalue weighted by Crippen LogP contribution is -2.47. The van der Waals surface area contributed by atoms with Crippen molar-refractivity contribution in [3.8, 4) is 0 Å². The van der Waals surface area contributed by atoms with Crippen LogP contribution in [0.1, 0.15) is 11.6 Å². The Kier molecular flexibility index (Phi) is 2.48. The van der Waals surface area contributed by atoms with Gasteiger partial charge in [0.2, 0.25) is 0 Å². The SMILES string of the molecule is NC(c1ccc(F)c(F)c1)C1CNC1. The molecule has 3 N–H and O–H groups in total. The fourth-order valence-corrected chi connectivity index (χ4v) is 1.56. The van der Waals surface area contributed by atoms with Gasteiger partial charge in [-0.25, -0.2) is 8.78 Å². The first-order chi connectivity index (χ1) is 6.68. The minimum Gasteiger partial charge on any atom is -0.324 e. The zero-order valence-electron chi connectivity index (χ0n) is 7.63. The minimum atomic E-state index is -0.828. The molecule has 0 saturated carbocycles. The topological polar surface area (TPSA) is 38.0 Å². The highest BCUT2D eigenvalue weighted by atomic mass is 19.2. The number of hydrogen-bond donors (Lipinski definition) is 2. The van der Waals surface area contributed by atoms with E-state index >= 15 is 0 Å². The first-order valence-corrected chi connectivity index (χ1v) is 4.59. The van der Waals surface area contributed by atoms with Gasteiger partial charge in [0, 0.05) is 25.0 Å². The van der Waals surface area contributed by atoms with Crippen LogP contribution >= 0.6 is 0 Å². The van der Waals surface area contributed by atoms with E-state index in [0.717, 1.165) is 19.2 Å². The van der Waals surface area contributed by atoms with Gasteiger partial charge in [0.25, 0.3) is 0 Å². The molecule has 1 aromatic carbocycles. The van der Waals surface area contributed by atoms with E-state index < -0.39 is 11.6 Å². The third kappa shape index (κ3) is 1.63. The number of rotatable bonds is 2. The molecule has 1 aliphatic heterocycles. The Hall–Kier alpha value is -1.00. The summed E-state index contributed by atoms with van der Waals surface area (Å²) in [4.78, 5) is 0. The maximum atomic E-state index is 12.9. The quantitative estimate of drug-likeness (QED) is 0.749. The molecular weight excluding hydrogens is 186 g/mol. The first kappa shape index (κ1) is 9.55. The molecule has 4 heteroatoms. The summed E-state index contributed by atoms with van der Waals surface area (Å²) in [5.74, 6) is -1.32. The fourth-order valence-electron chi connectivity index (χ4n) is 1.56. The van der Waals surface area contributed by atoms with Gasteiger partial charge in [0.1, 0.15) is 0 Å². The predicted octanol–water partition coefficient (Wildman–Crippen LogP) is 1.18. The Morgan fingerprint density at radius 2 is 2.00 bits per heavy atom. The van der Waals surface area contributed by atoms with Crippen LogP contribution in [0.25, 0.3) is 0 Å². The molecule has 0 bridgehead atoms. The molecule has 1 aromatic rings. The van der Waals surface area contributed by atoms with Crippen molar-refractivity contribution in [2.75, 3.05) is 13.1 Å². The van der Waals surface area contributed by atoms with Gasteiger partial charge in [0.05, 0.1) is 0 Å². The summed E-state index contributed by atoms with van der Waals surface area (Å²) in [6, 6.07) is 3.64. The largest absolute Gasteiger partial charge is 0.324 e. The van der Waals surface area contributed by atoms with Gasteiger partial charge in [-0.05, 0) is 17.7 Å². The number of nitrogens with one attached hydrogen (secondary N) is 1. The third-order valence-electron chi connectivity index (χ3n) is 2.65. The molecule has 1 unspecified atom stereocenters. The number of benzene rings is 1. The van der Waals surface area contributed by atoms with Gasteiger partial charge in [-0.2, -0.15) is 0 Å². The van der Waals surface area contributed by atoms with Gasteiger partial charge >= 0.3 is 0 Å². The molecule has 0 aromatic heterocycles. The average molecular weight is 198 g/mol. The molecule has 1 heterocycles. The van der Waals surface area contributed by atoms with Gasteiger partial charge in [-0.3, -0.25) is 0 Å². The molecule has 1 atom stereocenters. The summed E-state index contributed by atoms with van der Waals surface area (Å²) >= 11 is 0. The van der Waals surface area contributed by atoms with E-state index in [1.54, 1.807) is 6.07 Å². The molecule has 0 aliphatic carbocycles. The molecule has 1 fully saturated rings. The maximum absolute atomic E-state index is 12.9. The Morgan fingerprint density at radius 3 is 2.50 bits per heavy atom. The summed E-state index contributed by atoms with van der Waals surface area (Å²) in [5, 5.41) is 3.09. The molecule has 0 radical (unpaired) electrons. The monoisotopic (exact) mass is 198 g/mol. The number of nitrogens with two attached hydrogens (primary N) is 1. The molecule has 0 spiro atoms. The van der Waals surface area contributed by atoms with Gasteiger partial charge in [-0.1, -0.05) is 6.07 Å². The Balaban J connectivity index is 2.18. The second kappa shape index (κ2) is 3.63. The molecule has 1 aliphatic rings. The molecular formula is C10H12F2N2. The van der Waals surface area contributed by atoms with Gasteiger partial charge in [-0.15, -0.1) is 0 Å². The van der Waals surface area contributed by atoms with Crippen molar-refractivity contribution >= 4 is 0 Å². The minimum absolute atomic E-state index is 0.202. The van der Waals surface area contributed by atoms with E-state index in [4.69, 9.17) is 5.73 Å². The van der Waals surface area contributed by atoms with Crippen molar-refractivity contribution in [3.05, 3.63) is 35.4 Å². The van der Waals surface area contributed by atoms with Crippen LogP contribution in [0.3, 0.4) is 0 Å². The predicted molar refractivity (Wildman–Crippen MR) is 49.6 cm³/mol. The van der Waals surface area contributed by atoms with Crippen LogP contribution in [0.2, 0.25) is 0 Å². The van der Waals surface area contributed by atoms with E-state index in [9.17, 15) is 8.78 Å². The van der Waals surface area contributed by atoms with Crippen LogP contribution in [0.5, 0.6) is 0 Å². The van der Waals surface area contributed by atoms with Gasteiger partial charge < -0.3 is 11.1 Å². The van der Waals surface area contributed by atoms with E-state index in [1.165, 1.54) is 6.07 Å². The lowest BCUT2D eigenvalue weighted by atomic mass is 9.89. The molecule has 1 saturated heterocycles. The van der Waals surface area contributed by atoms with Crippen LogP contribution in [0.4, 0.5) is 8.78 Å². The highest BCUT2D eigenvalue weighted by molar-refractivity contribution is 5.22. The molecule has 2 nitrogen and oxygen atoms in total. The lowest BCUT2D eigenvalue weighted by molar-refractivity contribution is 0.294. The van der Waals surface area contributed by atoms with Crippen molar-refractivity contribution in [1.29, 1.82) is 0 Å². The summed E-state index contributed by atoms with van der Waals surface area (Å²) in [6.07, 6.45) is 0. The van der Waals surface area contributed by atoms with Crippen molar-refractivity contribution in [1.82, 2.24) is 5.32 Å². The number of halogens is 2. The highest BCUT2D eigenvalue weighted by Crippen LogP contribution is 2.23. The molecule has 76 valence electrons. The normalized spacial score (nSPS) is 19.1. The van der Waals surface area contributed by atoms with Crippen LogP contribution in [0.15, 0.2) is 18.2 Å². The standard InChI is InChI=1S/C10H12F2N2/c11-8-2-1-6(3-9(8)12)10(13)7-4-14-5-7/h1-3,7,10,14H,4-5,13H2. The average Bonchev–Trinajstić information content (AvgIpc) is 2.06. The third-order valence-corrected chi connectivity index (χ3v) is 2.65. The van der Waals surface area contributed by atoms with E-state index in [0.29, 0.717) is 11.5 Å². The fraction of sp³-hybridized carbons (Fsp3) is 0.400. The highest BCUT2D eigenvalue weighted by Gasteiger charge is 2.25.